The number of hydrogen-bond acceptors (Lipinski definition) is 3. The predicted octanol–water partition coefficient (Wildman–Crippen LogP) is 5.70. The van der Waals surface area contributed by atoms with Gasteiger partial charge in [-0.05, 0) is 36.4 Å². The van der Waals surface area contributed by atoms with E-state index in [2.05, 4.69) is 14.9 Å². The molecule has 1 heterocycles. The van der Waals surface area contributed by atoms with Gasteiger partial charge in [0.25, 0.3) is 10.0 Å². The molecule has 10 heteroatoms. The maximum Gasteiger partial charge on any atom is 0.417 e. The molecule has 3 aromatic carbocycles. The lowest BCUT2D eigenvalue weighted by molar-refractivity contribution is -0.139. The SMILES string of the molecule is O=S(=O)(Nc1ccc2c(-c3ccccc3Cl)n[nH]c2c1)c1ccccc1C(F)(F)F. The molecule has 4 aromatic rings. The van der Waals surface area contributed by atoms with Crippen molar-refractivity contribution in [2.45, 2.75) is 11.1 Å². The lowest BCUT2D eigenvalue weighted by Crippen LogP contribution is -2.18. The van der Waals surface area contributed by atoms with Crippen molar-refractivity contribution in [1.82, 2.24) is 10.2 Å². The Kier molecular flexibility index (Phi) is 4.95. The largest absolute Gasteiger partial charge is 0.417 e. The predicted molar refractivity (Wildman–Crippen MR) is 109 cm³/mol. The Morgan fingerprint density at radius 3 is 2.40 bits per heavy atom. The summed E-state index contributed by atoms with van der Waals surface area (Å²) in [5.74, 6) is 0. The van der Waals surface area contributed by atoms with Gasteiger partial charge in [0.15, 0.2) is 0 Å². The number of halogens is 4. The summed E-state index contributed by atoms with van der Waals surface area (Å²) in [6.45, 7) is 0. The van der Waals surface area contributed by atoms with Gasteiger partial charge in [-0.3, -0.25) is 9.82 Å². The first-order valence-corrected chi connectivity index (χ1v) is 10.4. The topological polar surface area (TPSA) is 74.8 Å². The minimum Gasteiger partial charge on any atom is -0.280 e. The molecule has 0 atom stereocenters. The van der Waals surface area contributed by atoms with Crippen molar-refractivity contribution < 1.29 is 21.6 Å². The Morgan fingerprint density at radius 1 is 0.967 bits per heavy atom. The van der Waals surface area contributed by atoms with E-state index < -0.39 is 26.7 Å². The Morgan fingerprint density at radius 2 is 1.67 bits per heavy atom. The van der Waals surface area contributed by atoms with Gasteiger partial charge in [-0.1, -0.05) is 41.9 Å². The summed E-state index contributed by atoms with van der Waals surface area (Å²) in [5.41, 5.74) is 0.620. The first-order valence-electron chi connectivity index (χ1n) is 8.59. The van der Waals surface area contributed by atoms with Crippen LogP contribution in [0.4, 0.5) is 18.9 Å². The number of anilines is 1. The lowest BCUT2D eigenvalue weighted by Gasteiger charge is -2.14. The number of aromatic amines is 1. The molecule has 0 spiro atoms. The third-order valence-electron chi connectivity index (χ3n) is 4.43. The molecule has 5 nitrogen and oxygen atoms in total. The molecule has 4 rings (SSSR count). The Hall–Kier alpha value is -3.04. The van der Waals surface area contributed by atoms with E-state index in [1.807, 2.05) is 6.07 Å². The molecule has 0 amide bonds. The van der Waals surface area contributed by atoms with Gasteiger partial charge in [0.1, 0.15) is 5.69 Å². The van der Waals surface area contributed by atoms with Gasteiger partial charge in [0.05, 0.1) is 26.7 Å². The van der Waals surface area contributed by atoms with Crippen LogP contribution < -0.4 is 4.72 Å². The van der Waals surface area contributed by atoms with Crippen molar-refractivity contribution >= 4 is 38.2 Å². The van der Waals surface area contributed by atoms with Gasteiger partial charge in [-0.25, -0.2) is 8.42 Å². The molecule has 0 radical (unpaired) electrons. The number of nitrogens with one attached hydrogen (secondary N) is 2. The highest BCUT2D eigenvalue weighted by molar-refractivity contribution is 7.92. The van der Waals surface area contributed by atoms with Crippen molar-refractivity contribution in [2.75, 3.05) is 4.72 Å². The van der Waals surface area contributed by atoms with E-state index in [4.69, 9.17) is 11.6 Å². The van der Waals surface area contributed by atoms with E-state index in [1.54, 1.807) is 24.3 Å². The maximum atomic E-state index is 13.2. The zero-order valence-corrected chi connectivity index (χ0v) is 16.6. The molecule has 0 saturated carbocycles. The standard InChI is InChI=1S/C20H13ClF3N3O2S/c21-16-7-3-1-5-13(16)19-14-10-9-12(11-17(14)25-26-19)27-30(28,29)18-8-4-2-6-15(18)20(22,23)24/h1-11,27H,(H,25,26). The summed E-state index contributed by atoms with van der Waals surface area (Å²) >= 11 is 6.22. The van der Waals surface area contributed by atoms with E-state index in [-0.39, 0.29) is 5.69 Å². The molecule has 2 N–H and O–H groups in total. The van der Waals surface area contributed by atoms with Gasteiger partial charge in [0.2, 0.25) is 0 Å². The number of hydrogen-bond donors (Lipinski definition) is 2. The number of sulfonamides is 1. The number of alkyl halides is 3. The highest BCUT2D eigenvalue weighted by Gasteiger charge is 2.36. The molecule has 0 unspecified atom stereocenters. The quantitative estimate of drug-likeness (QED) is 0.417. The van der Waals surface area contributed by atoms with Gasteiger partial charge >= 0.3 is 6.18 Å². The van der Waals surface area contributed by atoms with Crippen LogP contribution in [0, 0.1) is 0 Å². The summed E-state index contributed by atoms with van der Waals surface area (Å²) in [6, 6.07) is 15.6. The zero-order valence-electron chi connectivity index (χ0n) is 15.0. The van der Waals surface area contributed by atoms with Crippen LogP contribution >= 0.6 is 11.6 Å². The normalized spacial score (nSPS) is 12.3. The number of H-pyrrole nitrogens is 1. The van der Waals surface area contributed by atoms with Crippen LogP contribution in [0.5, 0.6) is 0 Å². The Bertz CT molecular complexity index is 1350. The van der Waals surface area contributed by atoms with E-state index in [0.29, 0.717) is 27.2 Å². The van der Waals surface area contributed by atoms with Gasteiger partial charge in [0, 0.05) is 10.9 Å². The molecule has 0 bridgehead atoms. The smallest absolute Gasteiger partial charge is 0.280 e. The van der Waals surface area contributed by atoms with E-state index in [1.165, 1.54) is 18.2 Å². The van der Waals surface area contributed by atoms with Crippen molar-refractivity contribution in [3.8, 4) is 11.3 Å². The molecule has 154 valence electrons. The van der Waals surface area contributed by atoms with Gasteiger partial charge < -0.3 is 0 Å². The fourth-order valence-electron chi connectivity index (χ4n) is 3.09. The minimum absolute atomic E-state index is 0.0915. The number of nitrogens with zero attached hydrogens (tertiary/aromatic N) is 1. The Balaban J connectivity index is 1.72. The van der Waals surface area contributed by atoms with Crippen molar-refractivity contribution in [3.05, 3.63) is 77.3 Å². The van der Waals surface area contributed by atoms with E-state index in [0.717, 1.165) is 18.2 Å². The minimum atomic E-state index is -4.80. The maximum absolute atomic E-state index is 13.2. The molecule has 1 aromatic heterocycles. The number of benzene rings is 3. The molecule has 0 aliphatic carbocycles. The van der Waals surface area contributed by atoms with Crippen LogP contribution in [0.15, 0.2) is 71.6 Å². The molecule has 30 heavy (non-hydrogen) atoms. The van der Waals surface area contributed by atoms with Crippen LogP contribution in [-0.4, -0.2) is 18.6 Å². The third-order valence-corrected chi connectivity index (χ3v) is 6.20. The monoisotopic (exact) mass is 451 g/mol. The molecule has 0 fully saturated rings. The van der Waals surface area contributed by atoms with Crippen molar-refractivity contribution in [2.24, 2.45) is 0 Å². The van der Waals surface area contributed by atoms with Crippen molar-refractivity contribution in [1.29, 1.82) is 0 Å². The first-order chi connectivity index (χ1) is 14.2. The van der Waals surface area contributed by atoms with Crippen molar-refractivity contribution in [3.63, 3.8) is 0 Å². The molecular weight excluding hydrogens is 439 g/mol. The third kappa shape index (κ3) is 3.73. The second-order valence-corrected chi connectivity index (χ2v) is 8.47. The zero-order chi connectivity index (χ0) is 21.5. The lowest BCUT2D eigenvalue weighted by atomic mass is 10.1. The van der Waals surface area contributed by atoms with Crippen LogP contribution in [-0.2, 0) is 16.2 Å². The molecule has 0 aliphatic rings. The van der Waals surface area contributed by atoms with Gasteiger partial charge in [-0.15, -0.1) is 0 Å². The first kappa shape index (κ1) is 20.2. The summed E-state index contributed by atoms with van der Waals surface area (Å²) in [6.07, 6.45) is -4.80. The van der Waals surface area contributed by atoms with Crippen LogP contribution in [0.2, 0.25) is 5.02 Å². The van der Waals surface area contributed by atoms with E-state index >= 15 is 0 Å². The average molecular weight is 452 g/mol. The summed E-state index contributed by atoms with van der Waals surface area (Å²) < 4.78 is 67.1. The summed E-state index contributed by atoms with van der Waals surface area (Å²) in [7, 11) is -4.47. The summed E-state index contributed by atoms with van der Waals surface area (Å²) in [5, 5.41) is 8.21. The highest BCUT2D eigenvalue weighted by Crippen LogP contribution is 2.36. The van der Waals surface area contributed by atoms with Gasteiger partial charge in [-0.2, -0.15) is 18.3 Å². The number of fused-ring (bicyclic) bond motifs is 1. The summed E-state index contributed by atoms with van der Waals surface area (Å²) in [4.78, 5) is -0.848. The fourth-order valence-corrected chi connectivity index (χ4v) is 4.59. The molecule has 0 aliphatic heterocycles. The van der Waals surface area contributed by atoms with E-state index in [9.17, 15) is 21.6 Å². The second-order valence-electron chi connectivity index (χ2n) is 6.41. The van der Waals surface area contributed by atoms with Crippen LogP contribution in [0.3, 0.4) is 0 Å². The number of aromatic nitrogens is 2. The van der Waals surface area contributed by atoms with Crippen LogP contribution in [0.25, 0.3) is 22.2 Å². The Labute approximate surface area is 174 Å². The van der Waals surface area contributed by atoms with Crippen LogP contribution in [0.1, 0.15) is 5.56 Å². The highest BCUT2D eigenvalue weighted by atomic mass is 35.5. The second kappa shape index (κ2) is 7.33. The molecule has 0 saturated heterocycles. The number of rotatable bonds is 4. The molecular formula is C20H13ClF3N3O2S. The average Bonchev–Trinajstić information content (AvgIpc) is 3.10. The fraction of sp³-hybridized carbons (Fsp3) is 0.0500.